The monoisotopic (exact) mass is 155 g/mol. The molecule has 1 aliphatic carbocycles. The van der Waals surface area contributed by atoms with Crippen LogP contribution in [0.1, 0.15) is 24.8 Å². The molecule has 2 rings (SSSR count). The van der Waals surface area contributed by atoms with Gasteiger partial charge < -0.3 is 5.73 Å². The quantitative estimate of drug-likeness (QED) is 0.662. The van der Waals surface area contributed by atoms with Crippen molar-refractivity contribution in [2.24, 2.45) is 0 Å². The third-order valence-electron chi connectivity index (χ3n) is 1.96. The Hall–Kier alpha value is -0.640. The van der Waals surface area contributed by atoms with E-state index in [1.54, 1.807) is 0 Å². The molecule has 10 heavy (non-hydrogen) atoms. The zero-order valence-corrected chi connectivity index (χ0v) is 6.61. The molecule has 1 aromatic heterocycles. The highest BCUT2D eigenvalue weighted by molar-refractivity contribution is 7.15. The van der Waals surface area contributed by atoms with Crippen LogP contribution in [0.5, 0.6) is 0 Å². The van der Waals surface area contributed by atoms with E-state index in [-0.39, 0.29) is 0 Å². The number of rotatable bonds is 1. The normalized spacial score (nSPS) is 20.9. The highest BCUT2D eigenvalue weighted by Gasteiger charge is 2.42. The summed E-state index contributed by atoms with van der Waals surface area (Å²) in [7, 11) is 0. The predicted molar refractivity (Wildman–Crippen MR) is 40.9 cm³/mol. The van der Waals surface area contributed by atoms with E-state index in [1.807, 2.05) is 0 Å². The fraction of sp³-hybridized carbons (Fsp3) is 0.667. The molecule has 0 amide bonds. The summed E-state index contributed by atoms with van der Waals surface area (Å²) in [6, 6.07) is 0. The van der Waals surface area contributed by atoms with Crippen molar-refractivity contribution in [3.05, 3.63) is 5.01 Å². The van der Waals surface area contributed by atoms with E-state index in [2.05, 4.69) is 17.1 Å². The first-order chi connectivity index (χ1) is 4.71. The Morgan fingerprint density at radius 1 is 1.50 bits per heavy atom. The fourth-order valence-corrected chi connectivity index (χ4v) is 1.69. The van der Waals surface area contributed by atoms with Crippen molar-refractivity contribution in [1.82, 2.24) is 10.2 Å². The lowest BCUT2D eigenvalue weighted by Crippen LogP contribution is -1.97. The number of nitrogens with zero attached hydrogens (tertiary/aromatic N) is 2. The number of nitrogen functional groups attached to an aromatic ring is 1. The summed E-state index contributed by atoms with van der Waals surface area (Å²) < 4.78 is 0. The lowest BCUT2D eigenvalue weighted by atomic mass is 10.2. The number of nitrogens with two attached hydrogens (primary N) is 1. The van der Waals surface area contributed by atoms with Gasteiger partial charge in [0.1, 0.15) is 5.01 Å². The third kappa shape index (κ3) is 0.794. The summed E-state index contributed by atoms with van der Waals surface area (Å²) in [5.41, 5.74) is 5.78. The second-order valence-corrected chi connectivity index (χ2v) is 4.02. The molecule has 1 fully saturated rings. The Balaban J connectivity index is 2.34. The first kappa shape index (κ1) is 6.09. The molecular formula is C6H9N3S. The largest absolute Gasteiger partial charge is 0.374 e. The van der Waals surface area contributed by atoms with Gasteiger partial charge in [0.2, 0.25) is 5.13 Å². The Morgan fingerprint density at radius 2 is 2.20 bits per heavy atom. The lowest BCUT2D eigenvalue weighted by molar-refractivity contribution is 0.757. The van der Waals surface area contributed by atoms with Crippen LogP contribution in [0.3, 0.4) is 0 Å². The van der Waals surface area contributed by atoms with Gasteiger partial charge in [0, 0.05) is 5.41 Å². The van der Waals surface area contributed by atoms with Crippen LogP contribution < -0.4 is 5.73 Å². The smallest absolute Gasteiger partial charge is 0.203 e. The minimum atomic E-state index is 0.329. The SMILES string of the molecule is CC1(c2nnc(N)s2)CC1. The number of hydrogen-bond acceptors (Lipinski definition) is 4. The summed E-state index contributed by atoms with van der Waals surface area (Å²) in [6.07, 6.45) is 2.48. The van der Waals surface area contributed by atoms with Crippen molar-refractivity contribution in [2.45, 2.75) is 25.2 Å². The van der Waals surface area contributed by atoms with Gasteiger partial charge in [-0.1, -0.05) is 18.3 Å². The fourth-order valence-electron chi connectivity index (χ4n) is 0.880. The maximum absolute atomic E-state index is 5.45. The highest BCUT2D eigenvalue weighted by atomic mass is 32.1. The average Bonchev–Trinajstić information content (AvgIpc) is 2.45. The van der Waals surface area contributed by atoms with Crippen molar-refractivity contribution in [3.8, 4) is 0 Å². The van der Waals surface area contributed by atoms with Gasteiger partial charge in [-0.05, 0) is 12.8 Å². The minimum Gasteiger partial charge on any atom is -0.374 e. The maximum atomic E-state index is 5.45. The van der Waals surface area contributed by atoms with E-state index < -0.39 is 0 Å². The van der Waals surface area contributed by atoms with E-state index >= 15 is 0 Å². The van der Waals surface area contributed by atoms with Crippen molar-refractivity contribution < 1.29 is 0 Å². The summed E-state index contributed by atoms with van der Waals surface area (Å²) in [5, 5.41) is 9.45. The summed E-state index contributed by atoms with van der Waals surface area (Å²) >= 11 is 1.51. The van der Waals surface area contributed by atoms with Crippen LogP contribution in [0.4, 0.5) is 5.13 Å². The van der Waals surface area contributed by atoms with Gasteiger partial charge in [0.25, 0.3) is 0 Å². The molecule has 0 aliphatic heterocycles. The molecule has 0 atom stereocenters. The molecule has 1 heterocycles. The molecule has 1 saturated carbocycles. The van der Waals surface area contributed by atoms with E-state index in [4.69, 9.17) is 5.73 Å². The van der Waals surface area contributed by atoms with Gasteiger partial charge in [-0.15, -0.1) is 10.2 Å². The molecule has 0 saturated heterocycles. The number of aromatic nitrogens is 2. The standard InChI is InChI=1S/C6H9N3S/c1-6(2-3-6)4-8-9-5(7)10-4/h2-3H2,1H3,(H2,7,9). The van der Waals surface area contributed by atoms with E-state index in [0.29, 0.717) is 10.5 Å². The van der Waals surface area contributed by atoms with Gasteiger partial charge >= 0.3 is 0 Å². The topological polar surface area (TPSA) is 51.8 Å². The lowest BCUT2D eigenvalue weighted by Gasteiger charge is -1.97. The van der Waals surface area contributed by atoms with Crippen LogP contribution in [-0.4, -0.2) is 10.2 Å². The molecule has 0 spiro atoms. The predicted octanol–water partition coefficient (Wildman–Crippen LogP) is 1.17. The van der Waals surface area contributed by atoms with Crippen molar-refractivity contribution >= 4 is 16.5 Å². The molecule has 4 heteroatoms. The third-order valence-corrected chi connectivity index (χ3v) is 3.02. The molecule has 0 bridgehead atoms. The van der Waals surface area contributed by atoms with E-state index in [9.17, 15) is 0 Å². The molecule has 0 radical (unpaired) electrons. The molecular weight excluding hydrogens is 146 g/mol. The van der Waals surface area contributed by atoms with Crippen LogP contribution in [0.25, 0.3) is 0 Å². The van der Waals surface area contributed by atoms with Gasteiger partial charge in [0.15, 0.2) is 0 Å². The first-order valence-electron chi connectivity index (χ1n) is 3.30. The molecule has 1 aliphatic rings. The average molecular weight is 155 g/mol. The van der Waals surface area contributed by atoms with Crippen molar-refractivity contribution in [1.29, 1.82) is 0 Å². The Bertz CT molecular complexity index is 251. The second kappa shape index (κ2) is 1.69. The van der Waals surface area contributed by atoms with Crippen LogP contribution in [-0.2, 0) is 5.41 Å². The molecule has 54 valence electrons. The summed E-state index contributed by atoms with van der Waals surface area (Å²) in [5.74, 6) is 0. The molecule has 2 N–H and O–H groups in total. The van der Waals surface area contributed by atoms with Crippen LogP contribution in [0, 0.1) is 0 Å². The number of hydrogen-bond donors (Lipinski definition) is 1. The van der Waals surface area contributed by atoms with Gasteiger partial charge in [-0.25, -0.2) is 0 Å². The van der Waals surface area contributed by atoms with Crippen molar-refractivity contribution in [3.63, 3.8) is 0 Å². The number of anilines is 1. The van der Waals surface area contributed by atoms with E-state index in [1.165, 1.54) is 24.2 Å². The zero-order valence-electron chi connectivity index (χ0n) is 5.79. The Labute approximate surface area is 63.3 Å². The Kier molecular flexibility index (Phi) is 1.03. The molecule has 1 aromatic rings. The molecule has 0 unspecified atom stereocenters. The second-order valence-electron chi connectivity index (χ2n) is 3.01. The van der Waals surface area contributed by atoms with Gasteiger partial charge in [-0.3, -0.25) is 0 Å². The van der Waals surface area contributed by atoms with Crippen LogP contribution in [0.15, 0.2) is 0 Å². The highest BCUT2D eigenvalue weighted by Crippen LogP contribution is 2.48. The van der Waals surface area contributed by atoms with Crippen LogP contribution >= 0.6 is 11.3 Å². The summed E-state index contributed by atoms with van der Waals surface area (Å²) in [6.45, 7) is 2.20. The Morgan fingerprint density at radius 3 is 2.60 bits per heavy atom. The first-order valence-corrected chi connectivity index (χ1v) is 4.12. The van der Waals surface area contributed by atoms with Gasteiger partial charge in [-0.2, -0.15) is 0 Å². The summed E-state index contributed by atoms with van der Waals surface area (Å²) in [4.78, 5) is 0. The van der Waals surface area contributed by atoms with E-state index in [0.717, 1.165) is 5.01 Å². The van der Waals surface area contributed by atoms with Crippen LogP contribution in [0.2, 0.25) is 0 Å². The minimum absolute atomic E-state index is 0.329. The molecule has 0 aromatic carbocycles. The van der Waals surface area contributed by atoms with Crippen molar-refractivity contribution in [2.75, 3.05) is 5.73 Å². The molecule has 3 nitrogen and oxygen atoms in total. The maximum Gasteiger partial charge on any atom is 0.203 e. The van der Waals surface area contributed by atoms with Gasteiger partial charge in [0.05, 0.1) is 0 Å². The zero-order chi connectivity index (χ0) is 7.19.